The zero-order valence-electron chi connectivity index (χ0n) is 9.78. The zero-order valence-corrected chi connectivity index (χ0v) is 9.78. The van der Waals surface area contributed by atoms with Crippen molar-refractivity contribution in [1.29, 1.82) is 0 Å². The van der Waals surface area contributed by atoms with Gasteiger partial charge >= 0.3 is 0 Å². The topological polar surface area (TPSA) is 43.8 Å². The number of aliphatic hydroxyl groups is 1. The molecule has 0 aliphatic carbocycles. The van der Waals surface area contributed by atoms with Gasteiger partial charge in [-0.2, -0.15) is 0 Å². The highest BCUT2D eigenvalue weighted by Crippen LogP contribution is 2.07. The van der Waals surface area contributed by atoms with Crippen molar-refractivity contribution in [3.05, 3.63) is 0 Å². The minimum absolute atomic E-state index is 0.0920. The molecule has 0 aromatic carbocycles. The molecule has 0 saturated carbocycles. The minimum atomic E-state index is 0.0920. The van der Waals surface area contributed by atoms with Crippen LogP contribution in [0.3, 0.4) is 0 Å². The number of carbonyl (C=O) groups excluding carboxylic acids is 1. The molecule has 0 unspecified atom stereocenters. The molecule has 4 nitrogen and oxygen atoms in total. The molecular weight excluding hydrogens is 192 g/mol. The molecule has 88 valence electrons. The highest BCUT2D eigenvalue weighted by Gasteiger charge is 2.20. The van der Waals surface area contributed by atoms with Crippen LogP contribution in [0.1, 0.15) is 20.3 Å². The molecule has 1 fully saturated rings. The molecule has 15 heavy (non-hydrogen) atoms. The van der Waals surface area contributed by atoms with Crippen molar-refractivity contribution < 1.29 is 9.90 Å². The van der Waals surface area contributed by atoms with Gasteiger partial charge in [0, 0.05) is 32.1 Å². The van der Waals surface area contributed by atoms with E-state index >= 15 is 0 Å². The fraction of sp³-hybridized carbons (Fsp3) is 0.909. The molecule has 1 rings (SSSR count). The summed E-state index contributed by atoms with van der Waals surface area (Å²) in [5.74, 6) is 0.343. The van der Waals surface area contributed by atoms with Crippen LogP contribution in [0.25, 0.3) is 0 Å². The van der Waals surface area contributed by atoms with Crippen molar-refractivity contribution in [2.75, 3.05) is 39.3 Å². The third-order valence-electron chi connectivity index (χ3n) is 2.81. The number of hydrogen-bond donors (Lipinski definition) is 1. The van der Waals surface area contributed by atoms with Gasteiger partial charge in [-0.25, -0.2) is 0 Å². The average Bonchev–Trinajstić information content (AvgIpc) is 2.43. The molecular formula is C11H22N2O2. The largest absolute Gasteiger partial charge is 0.395 e. The third kappa shape index (κ3) is 3.80. The Morgan fingerprint density at radius 2 is 2.00 bits per heavy atom. The predicted octanol–water partition coefficient (Wildman–Crippen LogP) is 0.169. The highest BCUT2D eigenvalue weighted by atomic mass is 16.3. The second-order valence-electron chi connectivity index (χ2n) is 4.40. The summed E-state index contributed by atoms with van der Waals surface area (Å²) in [4.78, 5) is 15.9. The van der Waals surface area contributed by atoms with E-state index < -0.39 is 0 Å². The molecule has 0 radical (unpaired) electrons. The number of carbonyl (C=O) groups is 1. The lowest BCUT2D eigenvalue weighted by atomic mass is 10.2. The third-order valence-corrected chi connectivity index (χ3v) is 2.81. The first-order valence-corrected chi connectivity index (χ1v) is 5.77. The molecule has 0 bridgehead atoms. The van der Waals surface area contributed by atoms with E-state index in [1.165, 1.54) is 0 Å². The molecule has 1 amide bonds. The Kier molecular flexibility index (Phi) is 5.05. The van der Waals surface area contributed by atoms with Crippen LogP contribution < -0.4 is 0 Å². The first kappa shape index (κ1) is 12.5. The first-order valence-electron chi connectivity index (χ1n) is 5.77. The molecule has 1 N–H and O–H groups in total. The van der Waals surface area contributed by atoms with Crippen molar-refractivity contribution in [2.24, 2.45) is 5.92 Å². The number of amides is 1. The lowest BCUT2D eigenvalue weighted by Gasteiger charge is -2.23. The van der Waals surface area contributed by atoms with E-state index in [4.69, 9.17) is 5.11 Å². The van der Waals surface area contributed by atoms with E-state index in [9.17, 15) is 4.79 Å². The van der Waals surface area contributed by atoms with Crippen molar-refractivity contribution in [1.82, 2.24) is 9.80 Å². The van der Waals surface area contributed by atoms with Gasteiger partial charge in [0.15, 0.2) is 0 Å². The summed E-state index contributed by atoms with van der Waals surface area (Å²) in [7, 11) is 0. The summed E-state index contributed by atoms with van der Waals surface area (Å²) in [5.41, 5.74) is 0. The zero-order chi connectivity index (χ0) is 11.3. The number of β-amino-alcohol motifs (C(OH)–C–C–N with tert-alkyl or cyclic N) is 1. The van der Waals surface area contributed by atoms with E-state index in [1.807, 2.05) is 18.7 Å². The minimum Gasteiger partial charge on any atom is -0.395 e. The maximum atomic E-state index is 11.8. The molecule has 1 aliphatic rings. The van der Waals surface area contributed by atoms with E-state index in [1.54, 1.807) is 0 Å². The van der Waals surface area contributed by atoms with Crippen molar-refractivity contribution in [3.8, 4) is 0 Å². The van der Waals surface area contributed by atoms with Crippen LogP contribution in [-0.2, 0) is 4.79 Å². The van der Waals surface area contributed by atoms with Crippen molar-refractivity contribution in [3.63, 3.8) is 0 Å². The van der Waals surface area contributed by atoms with Gasteiger partial charge in [0.1, 0.15) is 0 Å². The predicted molar refractivity (Wildman–Crippen MR) is 59.6 cm³/mol. The smallest absolute Gasteiger partial charge is 0.225 e. The van der Waals surface area contributed by atoms with Gasteiger partial charge in [0.05, 0.1) is 6.61 Å². The fourth-order valence-electron chi connectivity index (χ4n) is 1.92. The SMILES string of the molecule is CC(C)C(=O)N1CCCN(CCO)CC1. The number of aliphatic hydroxyl groups excluding tert-OH is 1. The number of hydrogen-bond acceptors (Lipinski definition) is 3. The van der Waals surface area contributed by atoms with Crippen LogP contribution >= 0.6 is 0 Å². The Labute approximate surface area is 91.9 Å². The maximum absolute atomic E-state index is 11.8. The normalized spacial score (nSPS) is 19.3. The summed E-state index contributed by atoms with van der Waals surface area (Å²) in [6.45, 7) is 8.36. The summed E-state index contributed by atoms with van der Waals surface area (Å²) >= 11 is 0. The number of rotatable bonds is 3. The van der Waals surface area contributed by atoms with Crippen LogP contribution in [0.2, 0.25) is 0 Å². The van der Waals surface area contributed by atoms with Crippen LogP contribution in [-0.4, -0.2) is 60.1 Å². The first-order chi connectivity index (χ1) is 7.15. The van der Waals surface area contributed by atoms with Gasteiger partial charge in [-0.15, -0.1) is 0 Å². The standard InChI is InChI=1S/C11H22N2O2/c1-10(2)11(15)13-5-3-4-12(6-7-13)8-9-14/h10,14H,3-9H2,1-2H3. The van der Waals surface area contributed by atoms with Crippen LogP contribution in [0.5, 0.6) is 0 Å². The van der Waals surface area contributed by atoms with Crippen molar-refractivity contribution in [2.45, 2.75) is 20.3 Å². The lowest BCUT2D eigenvalue weighted by Crippen LogP contribution is -2.37. The van der Waals surface area contributed by atoms with Gasteiger partial charge in [0.25, 0.3) is 0 Å². The van der Waals surface area contributed by atoms with E-state index in [0.717, 1.165) is 39.1 Å². The fourth-order valence-corrected chi connectivity index (χ4v) is 1.92. The molecule has 4 heteroatoms. The summed E-state index contributed by atoms with van der Waals surface area (Å²) in [5, 5.41) is 8.85. The van der Waals surface area contributed by atoms with E-state index in [2.05, 4.69) is 4.90 Å². The van der Waals surface area contributed by atoms with Gasteiger partial charge in [-0.05, 0) is 13.0 Å². The van der Waals surface area contributed by atoms with Crippen molar-refractivity contribution >= 4 is 5.91 Å². The Morgan fingerprint density at radius 3 is 2.60 bits per heavy atom. The Balaban J connectivity index is 2.42. The Morgan fingerprint density at radius 1 is 1.27 bits per heavy atom. The maximum Gasteiger partial charge on any atom is 0.225 e. The molecule has 0 aromatic rings. The Hall–Kier alpha value is -0.610. The number of nitrogens with zero attached hydrogens (tertiary/aromatic N) is 2. The molecule has 1 saturated heterocycles. The molecule has 0 spiro atoms. The van der Waals surface area contributed by atoms with Crippen LogP contribution in [0.4, 0.5) is 0 Å². The van der Waals surface area contributed by atoms with Gasteiger partial charge in [-0.3, -0.25) is 9.69 Å². The summed E-state index contributed by atoms with van der Waals surface area (Å²) < 4.78 is 0. The second-order valence-corrected chi connectivity index (χ2v) is 4.40. The molecule has 1 aliphatic heterocycles. The van der Waals surface area contributed by atoms with Gasteiger partial charge in [0.2, 0.25) is 5.91 Å². The molecule has 1 heterocycles. The average molecular weight is 214 g/mol. The van der Waals surface area contributed by atoms with Crippen LogP contribution in [0.15, 0.2) is 0 Å². The second kappa shape index (κ2) is 6.08. The summed E-state index contributed by atoms with van der Waals surface area (Å²) in [6, 6.07) is 0. The summed E-state index contributed by atoms with van der Waals surface area (Å²) in [6.07, 6.45) is 1.01. The molecule has 0 atom stereocenters. The Bertz CT molecular complexity index is 207. The van der Waals surface area contributed by atoms with Crippen LogP contribution in [0, 0.1) is 5.92 Å². The highest BCUT2D eigenvalue weighted by molar-refractivity contribution is 5.78. The lowest BCUT2D eigenvalue weighted by molar-refractivity contribution is -0.134. The van der Waals surface area contributed by atoms with Gasteiger partial charge in [-0.1, -0.05) is 13.8 Å². The quantitative estimate of drug-likeness (QED) is 0.728. The van der Waals surface area contributed by atoms with E-state index in [-0.39, 0.29) is 18.4 Å². The molecule has 0 aromatic heterocycles. The van der Waals surface area contributed by atoms with Gasteiger partial charge < -0.3 is 10.0 Å². The van der Waals surface area contributed by atoms with E-state index in [0.29, 0.717) is 0 Å². The monoisotopic (exact) mass is 214 g/mol.